The van der Waals surface area contributed by atoms with Crippen LogP contribution in [0.3, 0.4) is 0 Å². The van der Waals surface area contributed by atoms with Crippen LogP contribution in [0, 0.1) is 0 Å². The fraction of sp³-hybridized carbons (Fsp3) is 0.333. The van der Waals surface area contributed by atoms with Crippen LogP contribution in [0.5, 0.6) is 0 Å². The Bertz CT molecular complexity index is 489. The van der Waals surface area contributed by atoms with Crippen LogP contribution in [-0.4, -0.2) is 13.2 Å². The first-order chi connectivity index (χ1) is 5.95. The molecule has 0 unspecified atom stereocenters. The minimum Gasteiger partial charge on any atom is -0.390 e. The molecule has 0 bridgehead atoms. The first-order valence-corrected chi connectivity index (χ1v) is 6.07. The van der Waals surface area contributed by atoms with E-state index in [1.165, 1.54) is 14.9 Å². The summed E-state index contributed by atoms with van der Waals surface area (Å²) in [4.78, 5) is 3.99. The zero-order chi connectivity index (χ0) is 7.71. The Kier molecular flexibility index (Phi) is 3.04. The summed E-state index contributed by atoms with van der Waals surface area (Å²) >= 11 is 5.39. The highest BCUT2D eigenvalue weighted by molar-refractivity contribution is 7.21. The molecule has 0 aliphatic carbocycles. The predicted molar refractivity (Wildman–Crippen MR) is 73.1 cm³/mol. The second-order valence-electron chi connectivity index (χ2n) is 2.63. The molecule has 4 aromatic heterocycles. The molecule has 0 aromatic carbocycles. The van der Waals surface area contributed by atoms with Gasteiger partial charge in [0.05, 0.1) is 22.7 Å². The molecular weight excluding hydrogens is 246 g/mol. The van der Waals surface area contributed by atoms with Gasteiger partial charge in [-0.2, -0.15) is 0 Å². The average molecular weight is 261 g/mol. The maximum Gasteiger partial charge on any atom is 0.232 e. The van der Waals surface area contributed by atoms with Crippen molar-refractivity contribution >= 4 is 48.9 Å². The van der Waals surface area contributed by atoms with Crippen LogP contribution in [0.1, 0.15) is 22.3 Å². The molecule has 0 radical (unpaired) electrons. The molecule has 6 heteroatoms. The van der Waals surface area contributed by atoms with Crippen LogP contribution in [0.2, 0.25) is 0 Å². The molecule has 0 atom stereocenters. The largest absolute Gasteiger partial charge is 0.390 e. The monoisotopic (exact) mass is 261 g/mol. The molecule has 0 saturated heterocycles. The van der Waals surface area contributed by atoms with Crippen molar-refractivity contribution in [3.63, 3.8) is 0 Å². The number of fused-ring (bicyclic) bond motifs is 6. The quantitative estimate of drug-likeness (QED) is 0.326. The summed E-state index contributed by atoms with van der Waals surface area (Å²) in [6, 6.07) is 0. The summed E-state index contributed by atoms with van der Waals surface area (Å²) in [5.41, 5.74) is 6.43. The van der Waals surface area contributed by atoms with Gasteiger partial charge in [0.15, 0.2) is 16.3 Å². The molecule has 4 heterocycles. The van der Waals surface area contributed by atoms with Gasteiger partial charge in [0.1, 0.15) is 11.0 Å². The molecule has 3 nitrogen and oxygen atoms in total. The summed E-state index contributed by atoms with van der Waals surface area (Å²) in [7, 11) is 0. The zero-order valence-corrected chi connectivity index (χ0v) is 8.25. The van der Waals surface area contributed by atoms with Gasteiger partial charge in [-0.1, -0.05) is 22.3 Å². The molecule has 0 saturated carbocycles. The van der Waals surface area contributed by atoms with E-state index in [2.05, 4.69) is 29.7 Å². The lowest BCUT2D eigenvalue weighted by Crippen LogP contribution is -2.08. The van der Waals surface area contributed by atoms with Crippen LogP contribution in [0.15, 0.2) is 16.5 Å². The van der Waals surface area contributed by atoms with Crippen LogP contribution < -0.4 is 0 Å². The van der Waals surface area contributed by atoms with Gasteiger partial charge in [-0.05, 0) is 0 Å². The third kappa shape index (κ3) is 1.15. The van der Waals surface area contributed by atoms with Crippen molar-refractivity contribution in [2.24, 2.45) is 0 Å². The number of aromatic nitrogens is 3. The molecule has 0 fully saturated rings. The minimum absolute atomic E-state index is 0. The van der Waals surface area contributed by atoms with E-state index in [-0.39, 0.29) is 22.3 Å². The number of hydrogen-bond acceptors (Lipinski definition) is 0. The fourth-order valence-electron chi connectivity index (χ4n) is 1.36. The summed E-state index contributed by atoms with van der Waals surface area (Å²) in [6.07, 6.45) is 0. The molecule has 0 aliphatic heterocycles. The van der Waals surface area contributed by atoms with Crippen LogP contribution >= 0.6 is 34.0 Å². The van der Waals surface area contributed by atoms with Gasteiger partial charge in [0.2, 0.25) is 15.4 Å². The summed E-state index contributed by atoms with van der Waals surface area (Å²) in [5, 5.41) is 0. The van der Waals surface area contributed by atoms with E-state index in [1.807, 2.05) is 0 Å². The highest BCUT2D eigenvalue weighted by Gasteiger charge is 2.15. The van der Waals surface area contributed by atoms with E-state index in [1.54, 1.807) is 34.0 Å². The SMILES string of the molecule is C.C.C.c1[s+][c-]2n1[c-]1[s+]cn1[c-]1[s+]cn21. The fourth-order valence-corrected chi connectivity index (χ4v) is 3.96. The number of nitrogens with zero attached hydrogens (tertiary/aromatic N) is 3. The highest BCUT2D eigenvalue weighted by Crippen LogP contribution is 2.29. The Labute approximate surface area is 101 Å². The molecule has 0 spiro atoms. The van der Waals surface area contributed by atoms with Gasteiger partial charge in [0, 0.05) is 0 Å². The topological polar surface area (TPSA) is 13.2 Å². The standard InChI is InChI=1S/C6H3N3S3.3CH4/c1-7-4(10-1)8-2-12-6(8)9-3-11-5(7)9;;;/h1-3H;3*1H4. The smallest absolute Gasteiger partial charge is 0.232 e. The van der Waals surface area contributed by atoms with Gasteiger partial charge in [0.25, 0.3) is 0 Å². The molecule has 4 aromatic rings. The first kappa shape index (κ1) is 12.4. The highest BCUT2D eigenvalue weighted by atomic mass is 32.1. The van der Waals surface area contributed by atoms with Crippen molar-refractivity contribution in [1.82, 2.24) is 13.2 Å². The number of hydrogen-bond donors (Lipinski definition) is 0. The molecule has 0 aliphatic rings. The van der Waals surface area contributed by atoms with Gasteiger partial charge >= 0.3 is 0 Å². The van der Waals surface area contributed by atoms with E-state index in [4.69, 9.17) is 0 Å². The third-order valence-corrected chi connectivity index (χ3v) is 4.79. The normalized spacial score (nSPS) is 10.4. The van der Waals surface area contributed by atoms with E-state index in [0.717, 1.165) is 0 Å². The summed E-state index contributed by atoms with van der Waals surface area (Å²) in [6.45, 7) is 0. The second-order valence-corrected chi connectivity index (χ2v) is 5.06. The molecule has 15 heavy (non-hydrogen) atoms. The van der Waals surface area contributed by atoms with Crippen molar-refractivity contribution in [2.75, 3.05) is 0 Å². The Hall–Kier alpha value is -0.720. The third-order valence-electron chi connectivity index (χ3n) is 2.03. The van der Waals surface area contributed by atoms with Gasteiger partial charge in [-0.25, -0.2) is 0 Å². The van der Waals surface area contributed by atoms with Gasteiger partial charge in [-0.3, -0.25) is 0 Å². The Balaban J connectivity index is 0.000000375. The van der Waals surface area contributed by atoms with Gasteiger partial charge in [-0.15, -0.1) is 0 Å². The average Bonchev–Trinajstić information content (AvgIpc) is 1.96. The lowest BCUT2D eigenvalue weighted by molar-refractivity contribution is 1.02. The maximum absolute atomic E-state index is 2.23. The van der Waals surface area contributed by atoms with Crippen molar-refractivity contribution in [3.05, 3.63) is 16.5 Å². The summed E-state index contributed by atoms with van der Waals surface area (Å²) < 4.78 is 6.69. The lowest BCUT2D eigenvalue weighted by atomic mass is 10.9. The lowest BCUT2D eigenvalue weighted by Gasteiger charge is -2.18. The Morgan fingerprint density at radius 1 is 0.600 bits per heavy atom. The molecule has 4 rings (SSSR count). The second kappa shape index (κ2) is 3.70. The van der Waals surface area contributed by atoms with E-state index >= 15 is 0 Å². The van der Waals surface area contributed by atoms with Crippen LogP contribution in [0.25, 0.3) is 14.9 Å². The van der Waals surface area contributed by atoms with Crippen molar-refractivity contribution in [1.29, 1.82) is 0 Å². The van der Waals surface area contributed by atoms with Crippen molar-refractivity contribution in [3.8, 4) is 0 Å². The first-order valence-electron chi connectivity index (χ1n) is 3.44. The zero-order valence-electron chi connectivity index (χ0n) is 5.80. The van der Waals surface area contributed by atoms with Gasteiger partial charge < -0.3 is 13.2 Å². The summed E-state index contributed by atoms with van der Waals surface area (Å²) in [5.74, 6) is 0. The molecule has 0 amide bonds. The minimum atomic E-state index is 0. The molecular formula is C9H15N3S3. The molecule has 84 valence electrons. The van der Waals surface area contributed by atoms with Crippen LogP contribution in [-0.2, 0) is 0 Å². The Morgan fingerprint density at radius 2 is 0.867 bits per heavy atom. The van der Waals surface area contributed by atoms with E-state index in [9.17, 15) is 0 Å². The van der Waals surface area contributed by atoms with E-state index in [0.29, 0.717) is 0 Å². The van der Waals surface area contributed by atoms with E-state index < -0.39 is 0 Å². The number of rotatable bonds is 0. The van der Waals surface area contributed by atoms with Crippen molar-refractivity contribution < 1.29 is 0 Å². The maximum atomic E-state index is 2.23. The predicted octanol–water partition coefficient (Wildman–Crippen LogP) is 4.54. The van der Waals surface area contributed by atoms with Crippen molar-refractivity contribution in [2.45, 2.75) is 22.3 Å². The van der Waals surface area contributed by atoms with Crippen LogP contribution in [0.4, 0.5) is 0 Å². The Morgan fingerprint density at radius 3 is 1.00 bits per heavy atom. The molecule has 0 N–H and O–H groups in total.